The third kappa shape index (κ3) is 3.15. The molecule has 0 saturated carbocycles. The van der Waals surface area contributed by atoms with Gasteiger partial charge in [0.05, 0.1) is 0 Å². The maximum absolute atomic E-state index is 9.52. The van der Waals surface area contributed by atoms with E-state index < -0.39 is 0 Å². The highest BCUT2D eigenvalue weighted by atomic mass is 16.3. The van der Waals surface area contributed by atoms with Gasteiger partial charge in [-0.05, 0) is 43.0 Å². The van der Waals surface area contributed by atoms with E-state index in [1.807, 2.05) is 26.0 Å². The van der Waals surface area contributed by atoms with E-state index in [1.165, 1.54) is 6.42 Å². The van der Waals surface area contributed by atoms with Crippen molar-refractivity contribution in [3.05, 3.63) is 23.3 Å². The highest BCUT2D eigenvalue weighted by Crippen LogP contribution is 2.25. The summed E-state index contributed by atoms with van der Waals surface area (Å²) in [6.07, 6.45) is 1.18. The second kappa shape index (κ2) is 5.06. The molecule has 0 fully saturated rings. The van der Waals surface area contributed by atoms with Crippen molar-refractivity contribution in [3.63, 3.8) is 0 Å². The second-order valence-electron chi connectivity index (χ2n) is 4.35. The smallest absolute Gasteiger partial charge is 0.118 e. The fourth-order valence-electron chi connectivity index (χ4n) is 1.42. The van der Waals surface area contributed by atoms with Crippen LogP contribution < -0.4 is 5.32 Å². The summed E-state index contributed by atoms with van der Waals surface area (Å²) in [7, 11) is 0. The highest BCUT2D eigenvalue weighted by molar-refractivity contribution is 5.56. The lowest BCUT2D eigenvalue weighted by molar-refractivity contribution is 0.470. The number of hydrogen-bond donors (Lipinski definition) is 2. The van der Waals surface area contributed by atoms with Gasteiger partial charge in [0.2, 0.25) is 0 Å². The molecule has 2 heteroatoms. The average molecular weight is 207 g/mol. The first-order chi connectivity index (χ1) is 7.04. The van der Waals surface area contributed by atoms with Crippen LogP contribution in [-0.2, 0) is 0 Å². The van der Waals surface area contributed by atoms with Gasteiger partial charge in [0.25, 0.3) is 0 Å². The summed E-state index contributed by atoms with van der Waals surface area (Å²) in [5.41, 5.74) is 3.15. The molecule has 0 aliphatic rings. The SMILES string of the molecule is CCC(C)CNc1cc(C)c(O)cc1C. The molecule has 1 unspecified atom stereocenters. The Hall–Kier alpha value is -1.18. The summed E-state index contributed by atoms with van der Waals surface area (Å²) >= 11 is 0. The first-order valence-corrected chi connectivity index (χ1v) is 5.58. The van der Waals surface area contributed by atoms with Gasteiger partial charge in [-0.3, -0.25) is 0 Å². The summed E-state index contributed by atoms with van der Waals surface area (Å²) in [4.78, 5) is 0. The Kier molecular flexibility index (Phi) is 4.01. The molecular weight excluding hydrogens is 186 g/mol. The number of nitrogens with one attached hydrogen (secondary N) is 1. The Labute approximate surface area is 92.3 Å². The average Bonchev–Trinajstić information content (AvgIpc) is 2.21. The molecule has 1 rings (SSSR count). The minimum atomic E-state index is 0.376. The van der Waals surface area contributed by atoms with Crippen molar-refractivity contribution >= 4 is 5.69 Å². The fraction of sp³-hybridized carbons (Fsp3) is 0.538. The molecule has 1 atom stereocenters. The molecule has 2 nitrogen and oxygen atoms in total. The first kappa shape index (κ1) is 11.9. The number of aromatic hydroxyl groups is 1. The standard InChI is InChI=1S/C13H21NO/c1-5-9(2)8-14-12-6-11(4)13(15)7-10(12)3/h6-7,9,14-15H,5,8H2,1-4H3. The predicted molar refractivity (Wildman–Crippen MR) is 65.5 cm³/mol. The molecule has 84 valence electrons. The number of rotatable bonds is 4. The number of hydrogen-bond acceptors (Lipinski definition) is 2. The summed E-state index contributed by atoms with van der Waals surface area (Å²) < 4.78 is 0. The zero-order valence-corrected chi connectivity index (χ0v) is 10.1. The Morgan fingerprint density at radius 3 is 2.53 bits per heavy atom. The van der Waals surface area contributed by atoms with Gasteiger partial charge >= 0.3 is 0 Å². The monoisotopic (exact) mass is 207 g/mol. The molecule has 0 aliphatic heterocycles. The van der Waals surface area contributed by atoms with E-state index in [0.717, 1.165) is 23.4 Å². The van der Waals surface area contributed by atoms with Crippen LogP contribution in [0.5, 0.6) is 5.75 Å². The molecule has 0 saturated heterocycles. The maximum atomic E-state index is 9.52. The van der Waals surface area contributed by atoms with E-state index in [-0.39, 0.29) is 0 Å². The minimum Gasteiger partial charge on any atom is -0.508 e. The summed E-state index contributed by atoms with van der Waals surface area (Å²) in [6, 6.07) is 3.82. The van der Waals surface area contributed by atoms with Crippen molar-refractivity contribution < 1.29 is 5.11 Å². The molecular formula is C13H21NO. The first-order valence-electron chi connectivity index (χ1n) is 5.58. The van der Waals surface area contributed by atoms with Gasteiger partial charge in [0, 0.05) is 12.2 Å². The number of phenols is 1. The lowest BCUT2D eigenvalue weighted by Crippen LogP contribution is -2.11. The Bertz CT molecular complexity index is 334. The van der Waals surface area contributed by atoms with Gasteiger partial charge in [0.1, 0.15) is 5.75 Å². The molecule has 15 heavy (non-hydrogen) atoms. The van der Waals surface area contributed by atoms with E-state index in [9.17, 15) is 5.11 Å². The zero-order valence-electron chi connectivity index (χ0n) is 10.1. The van der Waals surface area contributed by atoms with Crippen LogP contribution >= 0.6 is 0 Å². The van der Waals surface area contributed by atoms with Crippen LogP contribution in [0.4, 0.5) is 5.69 Å². The number of phenolic OH excluding ortho intramolecular Hbond substituents is 1. The van der Waals surface area contributed by atoms with E-state index in [0.29, 0.717) is 11.7 Å². The molecule has 1 aromatic carbocycles. The van der Waals surface area contributed by atoms with Crippen molar-refractivity contribution in [3.8, 4) is 5.75 Å². The summed E-state index contributed by atoms with van der Waals surface area (Å²) in [5.74, 6) is 1.06. The van der Waals surface area contributed by atoms with Crippen molar-refractivity contribution in [2.75, 3.05) is 11.9 Å². The van der Waals surface area contributed by atoms with Crippen LogP contribution in [0, 0.1) is 19.8 Å². The largest absolute Gasteiger partial charge is 0.508 e. The molecule has 0 bridgehead atoms. The van der Waals surface area contributed by atoms with Crippen molar-refractivity contribution in [1.29, 1.82) is 0 Å². The molecule has 0 heterocycles. The van der Waals surface area contributed by atoms with Crippen molar-refractivity contribution in [2.45, 2.75) is 34.1 Å². The Morgan fingerprint density at radius 1 is 1.27 bits per heavy atom. The lowest BCUT2D eigenvalue weighted by Gasteiger charge is -2.14. The van der Waals surface area contributed by atoms with E-state index in [1.54, 1.807) is 0 Å². The third-order valence-electron chi connectivity index (χ3n) is 2.88. The predicted octanol–water partition coefficient (Wildman–Crippen LogP) is 3.47. The number of anilines is 1. The summed E-state index contributed by atoms with van der Waals surface area (Å²) in [5, 5.41) is 12.9. The van der Waals surface area contributed by atoms with Crippen LogP contribution in [0.15, 0.2) is 12.1 Å². The molecule has 2 N–H and O–H groups in total. The number of aryl methyl sites for hydroxylation is 2. The van der Waals surface area contributed by atoms with E-state index in [2.05, 4.69) is 19.2 Å². The maximum Gasteiger partial charge on any atom is 0.118 e. The quantitative estimate of drug-likeness (QED) is 0.741. The van der Waals surface area contributed by atoms with Gasteiger partial charge in [-0.25, -0.2) is 0 Å². The summed E-state index contributed by atoms with van der Waals surface area (Å²) in [6.45, 7) is 9.35. The van der Waals surface area contributed by atoms with Crippen LogP contribution in [0.3, 0.4) is 0 Å². The van der Waals surface area contributed by atoms with E-state index in [4.69, 9.17) is 0 Å². The molecule has 0 radical (unpaired) electrons. The zero-order chi connectivity index (χ0) is 11.4. The molecule has 0 spiro atoms. The highest BCUT2D eigenvalue weighted by Gasteiger charge is 2.04. The van der Waals surface area contributed by atoms with Gasteiger partial charge in [0.15, 0.2) is 0 Å². The fourth-order valence-corrected chi connectivity index (χ4v) is 1.42. The van der Waals surface area contributed by atoms with Crippen LogP contribution in [0.1, 0.15) is 31.4 Å². The van der Waals surface area contributed by atoms with Crippen molar-refractivity contribution in [1.82, 2.24) is 0 Å². The van der Waals surface area contributed by atoms with Gasteiger partial charge in [-0.2, -0.15) is 0 Å². The normalized spacial score (nSPS) is 12.5. The molecule has 0 aliphatic carbocycles. The molecule has 0 aromatic heterocycles. The third-order valence-corrected chi connectivity index (χ3v) is 2.88. The van der Waals surface area contributed by atoms with E-state index >= 15 is 0 Å². The Morgan fingerprint density at radius 2 is 1.93 bits per heavy atom. The van der Waals surface area contributed by atoms with Gasteiger partial charge < -0.3 is 10.4 Å². The van der Waals surface area contributed by atoms with Crippen LogP contribution in [0.2, 0.25) is 0 Å². The van der Waals surface area contributed by atoms with Crippen molar-refractivity contribution in [2.24, 2.45) is 5.92 Å². The van der Waals surface area contributed by atoms with Crippen LogP contribution in [-0.4, -0.2) is 11.7 Å². The number of benzene rings is 1. The molecule has 0 amide bonds. The van der Waals surface area contributed by atoms with Crippen LogP contribution in [0.25, 0.3) is 0 Å². The van der Waals surface area contributed by atoms with Gasteiger partial charge in [-0.15, -0.1) is 0 Å². The topological polar surface area (TPSA) is 32.3 Å². The second-order valence-corrected chi connectivity index (χ2v) is 4.35. The molecule has 1 aromatic rings. The Balaban J connectivity index is 2.73. The van der Waals surface area contributed by atoms with Gasteiger partial charge in [-0.1, -0.05) is 20.3 Å². The lowest BCUT2D eigenvalue weighted by atomic mass is 10.1. The minimum absolute atomic E-state index is 0.376.